The molecule has 0 bridgehead atoms. The third-order valence-electron chi connectivity index (χ3n) is 10.1. The molecule has 0 aliphatic heterocycles. The fourth-order valence-corrected chi connectivity index (χ4v) is 9.07. The zero-order valence-corrected chi connectivity index (χ0v) is 21.5. The molecule has 1 aromatic rings. The van der Waals surface area contributed by atoms with E-state index in [1.165, 1.54) is 61.2 Å². The molecule has 5 heteroatoms. The van der Waals surface area contributed by atoms with Gasteiger partial charge in [0.25, 0.3) is 0 Å². The highest BCUT2D eigenvalue weighted by Crippen LogP contribution is 2.64. The van der Waals surface area contributed by atoms with E-state index in [1.54, 1.807) is 0 Å². The van der Waals surface area contributed by atoms with Crippen molar-refractivity contribution in [2.45, 2.75) is 92.4 Å². The van der Waals surface area contributed by atoms with Crippen molar-refractivity contribution in [2.75, 3.05) is 0 Å². The summed E-state index contributed by atoms with van der Waals surface area (Å²) in [6, 6.07) is 0. The first-order valence-electron chi connectivity index (χ1n) is 12.9. The van der Waals surface area contributed by atoms with E-state index in [0.29, 0.717) is 12.3 Å². The molecule has 3 aliphatic rings. The van der Waals surface area contributed by atoms with Crippen molar-refractivity contribution in [3.8, 4) is 0 Å². The van der Waals surface area contributed by atoms with Crippen LogP contribution in [0.1, 0.15) is 90.1 Å². The van der Waals surface area contributed by atoms with Gasteiger partial charge in [0.15, 0.2) is 0 Å². The first kappa shape index (κ1) is 24.0. The van der Waals surface area contributed by atoms with Crippen molar-refractivity contribution >= 4 is 24.1 Å². The molecule has 178 valence electrons. The van der Waals surface area contributed by atoms with Crippen LogP contribution >= 0.6 is 11.5 Å². The first-order chi connectivity index (χ1) is 15.2. The molecule has 1 unspecified atom stereocenters. The number of rotatable bonds is 8. The number of carbonyl (C=O) groups is 2. The van der Waals surface area contributed by atoms with Gasteiger partial charge in [0.2, 0.25) is 0 Å². The summed E-state index contributed by atoms with van der Waals surface area (Å²) in [6.07, 6.45) is 12.6. The van der Waals surface area contributed by atoms with Gasteiger partial charge in [-0.05, 0) is 84.1 Å². The van der Waals surface area contributed by atoms with E-state index in [1.807, 2.05) is 0 Å². The minimum atomic E-state index is -0.170. The smallest absolute Gasteiger partial charge is 0.124 e. The lowest BCUT2D eigenvalue weighted by Crippen LogP contribution is -2.52. The van der Waals surface area contributed by atoms with E-state index >= 15 is 0 Å². The summed E-state index contributed by atoms with van der Waals surface area (Å²) in [5.74, 6) is 2.97. The van der Waals surface area contributed by atoms with Crippen molar-refractivity contribution in [2.24, 2.45) is 52.3 Å². The monoisotopic (exact) mass is 458 g/mol. The fourth-order valence-electron chi connectivity index (χ4n) is 8.22. The molecule has 4 rings (SSSR count). The van der Waals surface area contributed by atoms with Gasteiger partial charge in [-0.3, -0.25) is 0 Å². The summed E-state index contributed by atoms with van der Waals surface area (Å²) >= 11 is 1.48. The van der Waals surface area contributed by atoms with Crippen LogP contribution in [0.5, 0.6) is 0 Å². The molecule has 0 amide bonds. The average molecular weight is 459 g/mol. The van der Waals surface area contributed by atoms with Gasteiger partial charge in [-0.1, -0.05) is 58.4 Å². The van der Waals surface area contributed by atoms with Gasteiger partial charge < -0.3 is 9.59 Å². The molecule has 0 saturated heterocycles. The van der Waals surface area contributed by atoms with Crippen LogP contribution in [0.15, 0.2) is 0 Å². The third-order valence-corrected chi connectivity index (χ3v) is 10.9. The van der Waals surface area contributed by atoms with Gasteiger partial charge >= 0.3 is 0 Å². The maximum atomic E-state index is 12.6. The molecule has 2 fully saturated rings. The predicted molar refractivity (Wildman–Crippen MR) is 129 cm³/mol. The Kier molecular flexibility index (Phi) is 6.96. The summed E-state index contributed by atoms with van der Waals surface area (Å²) < 4.78 is 4.16. The van der Waals surface area contributed by atoms with Crippen molar-refractivity contribution in [3.63, 3.8) is 0 Å². The van der Waals surface area contributed by atoms with E-state index in [-0.39, 0.29) is 28.6 Å². The summed E-state index contributed by atoms with van der Waals surface area (Å²) in [7, 11) is 0. The minimum Gasteiger partial charge on any atom is -0.303 e. The molecule has 0 aromatic carbocycles. The zero-order chi connectivity index (χ0) is 23.1. The SMILES string of the molecule is CC(C)CCCC(C)[C@H]1CC[C@H]2[C@H](C=O)[C@@H]([C@@]3(C)Cc4snnc4C[C@@H]3C=O)CC[C@]12C. The van der Waals surface area contributed by atoms with Crippen LogP contribution in [0.4, 0.5) is 0 Å². The Balaban J connectivity index is 1.55. The molecule has 1 aromatic heterocycles. The van der Waals surface area contributed by atoms with Gasteiger partial charge in [0.05, 0.1) is 5.69 Å². The van der Waals surface area contributed by atoms with E-state index in [2.05, 4.69) is 44.2 Å². The maximum Gasteiger partial charge on any atom is 0.124 e. The molecule has 2 saturated carbocycles. The van der Waals surface area contributed by atoms with E-state index in [0.717, 1.165) is 42.6 Å². The summed E-state index contributed by atoms with van der Waals surface area (Å²) in [6.45, 7) is 11.9. The molecule has 3 aliphatic carbocycles. The Bertz CT molecular complexity index is 822. The van der Waals surface area contributed by atoms with Crippen LogP contribution in [0.3, 0.4) is 0 Å². The van der Waals surface area contributed by atoms with Crippen LogP contribution in [0, 0.1) is 52.3 Å². The number of carbonyl (C=O) groups excluding carboxylic acids is 2. The average Bonchev–Trinajstić information content (AvgIpc) is 3.34. The second-order valence-electron chi connectivity index (χ2n) is 12.2. The Morgan fingerprint density at radius 3 is 2.47 bits per heavy atom. The van der Waals surface area contributed by atoms with Crippen molar-refractivity contribution in [1.29, 1.82) is 0 Å². The number of hydrogen-bond donors (Lipinski definition) is 0. The summed E-state index contributed by atoms with van der Waals surface area (Å²) in [4.78, 5) is 26.1. The number of nitrogens with zero attached hydrogens (tertiary/aromatic N) is 2. The first-order valence-corrected chi connectivity index (χ1v) is 13.7. The second-order valence-corrected chi connectivity index (χ2v) is 13.1. The molecule has 8 atom stereocenters. The van der Waals surface area contributed by atoms with Crippen LogP contribution in [0.2, 0.25) is 0 Å². The van der Waals surface area contributed by atoms with Gasteiger partial charge in [-0.2, -0.15) is 0 Å². The quantitative estimate of drug-likeness (QED) is 0.437. The topological polar surface area (TPSA) is 59.9 Å². The molecule has 4 nitrogen and oxygen atoms in total. The summed E-state index contributed by atoms with van der Waals surface area (Å²) in [5.41, 5.74) is 1.10. The summed E-state index contributed by atoms with van der Waals surface area (Å²) in [5, 5.41) is 4.27. The Labute approximate surface area is 198 Å². The molecule has 1 heterocycles. The molecule has 0 spiro atoms. The van der Waals surface area contributed by atoms with Crippen molar-refractivity contribution < 1.29 is 9.59 Å². The highest BCUT2D eigenvalue weighted by molar-refractivity contribution is 7.05. The molecule has 0 radical (unpaired) electrons. The molecule has 32 heavy (non-hydrogen) atoms. The predicted octanol–water partition coefficient (Wildman–Crippen LogP) is 6.18. The Morgan fingerprint density at radius 2 is 1.78 bits per heavy atom. The third kappa shape index (κ3) is 4.01. The molecular weight excluding hydrogens is 416 g/mol. The highest BCUT2D eigenvalue weighted by atomic mass is 32.1. The van der Waals surface area contributed by atoms with Gasteiger partial charge in [0.1, 0.15) is 12.6 Å². The van der Waals surface area contributed by atoms with Crippen molar-refractivity contribution in [3.05, 3.63) is 10.6 Å². The lowest BCUT2D eigenvalue weighted by Gasteiger charge is -2.55. The Morgan fingerprint density at radius 1 is 1.03 bits per heavy atom. The van der Waals surface area contributed by atoms with Crippen molar-refractivity contribution in [1.82, 2.24) is 9.59 Å². The van der Waals surface area contributed by atoms with Gasteiger partial charge in [-0.25, -0.2) is 0 Å². The molecular formula is C27H42N2O2S. The molecule has 0 N–H and O–H groups in total. The highest BCUT2D eigenvalue weighted by Gasteiger charge is 2.59. The van der Waals surface area contributed by atoms with E-state index in [9.17, 15) is 9.59 Å². The van der Waals surface area contributed by atoms with Crippen LogP contribution in [-0.2, 0) is 22.4 Å². The fraction of sp³-hybridized carbons (Fsp3) is 0.852. The number of fused-ring (bicyclic) bond motifs is 2. The second kappa shape index (κ2) is 9.27. The number of aldehydes is 2. The standard InChI is InChI=1S/C27H42N2O2S/c1-17(2)7-6-8-18(3)21-9-10-22-20(16-31)23(11-12-26(21,22)4)27(5)14-25-24(28-29-32-25)13-19(27)15-30/h15-23H,6-14H2,1-5H3/t18?,19-,20+,21-,22+,23+,26-,27+/m1/s1. The van der Waals surface area contributed by atoms with Crippen LogP contribution < -0.4 is 0 Å². The van der Waals surface area contributed by atoms with E-state index in [4.69, 9.17) is 0 Å². The number of aromatic nitrogens is 2. The maximum absolute atomic E-state index is 12.6. The largest absolute Gasteiger partial charge is 0.303 e. The zero-order valence-electron chi connectivity index (χ0n) is 20.7. The lowest BCUT2D eigenvalue weighted by atomic mass is 9.49. The van der Waals surface area contributed by atoms with E-state index < -0.39 is 0 Å². The number of hydrogen-bond acceptors (Lipinski definition) is 5. The van der Waals surface area contributed by atoms with Crippen LogP contribution in [-0.4, -0.2) is 22.2 Å². The lowest BCUT2D eigenvalue weighted by molar-refractivity contribution is -0.132. The Hall–Kier alpha value is -1.10. The van der Waals surface area contributed by atoms with Gasteiger partial charge in [-0.15, -0.1) is 5.10 Å². The normalized spacial score (nSPS) is 40.0. The van der Waals surface area contributed by atoms with Gasteiger partial charge in [0, 0.05) is 23.1 Å². The minimum absolute atomic E-state index is 0.0662. The van der Waals surface area contributed by atoms with Crippen LogP contribution in [0.25, 0.3) is 0 Å².